The second-order valence-electron chi connectivity index (χ2n) is 10.1. The molecule has 0 fully saturated rings. The molecule has 2 atom stereocenters. The molecule has 0 rings (SSSR count). The van der Waals surface area contributed by atoms with E-state index in [2.05, 4.69) is 10.6 Å². The Kier molecular flexibility index (Phi) is 22.2. The van der Waals surface area contributed by atoms with Crippen LogP contribution in [-0.4, -0.2) is 63.4 Å². The number of aliphatic carboxylic acids is 3. The van der Waals surface area contributed by atoms with Crippen LogP contribution < -0.4 is 10.6 Å². The monoisotopic (exact) mass is 556 g/mol. The highest BCUT2D eigenvalue weighted by Crippen LogP contribution is 2.14. The van der Waals surface area contributed by atoms with Crippen molar-refractivity contribution in [3.63, 3.8) is 0 Å². The number of aldehydes is 1. The lowest BCUT2D eigenvalue weighted by Gasteiger charge is -2.20. The number of rotatable bonds is 27. The molecule has 0 radical (unpaired) electrons. The molecule has 0 aromatic carbocycles. The number of hydrogen-bond donors (Lipinski definition) is 5. The molecule has 0 aliphatic carbocycles. The maximum Gasteiger partial charge on any atom is 0.303 e. The van der Waals surface area contributed by atoms with E-state index in [1.54, 1.807) is 0 Å². The molecule has 11 heteroatoms. The zero-order valence-corrected chi connectivity index (χ0v) is 23.2. The highest BCUT2D eigenvalue weighted by atomic mass is 16.4. The van der Waals surface area contributed by atoms with Gasteiger partial charge in [0.15, 0.2) is 0 Å². The summed E-state index contributed by atoms with van der Waals surface area (Å²) < 4.78 is 0. The highest BCUT2D eigenvalue weighted by Gasteiger charge is 2.24. The van der Waals surface area contributed by atoms with Crippen molar-refractivity contribution in [1.82, 2.24) is 10.6 Å². The molecule has 2 unspecified atom stereocenters. The molecule has 5 N–H and O–H groups in total. The summed E-state index contributed by atoms with van der Waals surface area (Å²) in [7, 11) is 0. The Morgan fingerprint density at radius 2 is 0.897 bits per heavy atom. The fourth-order valence-electron chi connectivity index (χ4n) is 4.22. The van der Waals surface area contributed by atoms with E-state index in [4.69, 9.17) is 15.3 Å². The van der Waals surface area contributed by atoms with Gasteiger partial charge in [-0.05, 0) is 25.7 Å². The van der Waals surface area contributed by atoms with E-state index in [0.717, 1.165) is 44.9 Å². The third-order valence-corrected chi connectivity index (χ3v) is 6.50. The summed E-state index contributed by atoms with van der Waals surface area (Å²) in [5.74, 6) is -4.02. The minimum atomic E-state index is -1.12. The summed E-state index contributed by atoms with van der Waals surface area (Å²) >= 11 is 0. The minimum absolute atomic E-state index is 0.0955. The van der Waals surface area contributed by atoms with Crippen molar-refractivity contribution in [2.75, 3.05) is 0 Å². The number of carboxylic acids is 3. The van der Waals surface area contributed by atoms with Gasteiger partial charge in [-0.15, -0.1) is 0 Å². The quantitative estimate of drug-likeness (QED) is 0.0729. The minimum Gasteiger partial charge on any atom is -0.481 e. The van der Waals surface area contributed by atoms with Crippen LogP contribution in [0.15, 0.2) is 0 Å². The van der Waals surface area contributed by atoms with Crippen LogP contribution in [0.4, 0.5) is 0 Å². The molecule has 0 bridgehead atoms. The molecule has 0 heterocycles. The van der Waals surface area contributed by atoms with Gasteiger partial charge < -0.3 is 30.7 Å². The van der Waals surface area contributed by atoms with E-state index in [1.165, 1.54) is 38.5 Å². The number of carbonyl (C=O) groups is 6. The fourth-order valence-corrected chi connectivity index (χ4v) is 4.22. The average Bonchev–Trinajstić information content (AvgIpc) is 2.88. The molecule has 0 saturated carbocycles. The molecular weight excluding hydrogens is 508 g/mol. The summed E-state index contributed by atoms with van der Waals surface area (Å²) in [4.78, 5) is 68.0. The highest BCUT2D eigenvalue weighted by molar-refractivity contribution is 5.89. The smallest absolute Gasteiger partial charge is 0.303 e. The zero-order chi connectivity index (χ0) is 29.3. The molecule has 0 aliphatic heterocycles. The van der Waals surface area contributed by atoms with Crippen molar-refractivity contribution in [3.8, 4) is 0 Å². The number of carboxylic acid groups (broad SMARTS) is 3. The normalized spacial score (nSPS) is 12.3. The van der Waals surface area contributed by atoms with Crippen molar-refractivity contribution in [2.45, 2.75) is 141 Å². The molecule has 2 amide bonds. The Bertz CT molecular complexity index is 743. The first-order chi connectivity index (χ1) is 18.6. The van der Waals surface area contributed by atoms with Crippen LogP contribution >= 0.6 is 0 Å². The van der Waals surface area contributed by atoms with Crippen LogP contribution in [0.2, 0.25) is 0 Å². The van der Waals surface area contributed by atoms with Gasteiger partial charge in [-0.1, -0.05) is 77.0 Å². The van der Waals surface area contributed by atoms with Crippen molar-refractivity contribution >= 4 is 36.0 Å². The van der Waals surface area contributed by atoms with Gasteiger partial charge in [-0.2, -0.15) is 0 Å². The van der Waals surface area contributed by atoms with Crippen LogP contribution in [0.3, 0.4) is 0 Å². The van der Waals surface area contributed by atoms with Crippen LogP contribution in [0.1, 0.15) is 128 Å². The van der Waals surface area contributed by atoms with Gasteiger partial charge in [0.2, 0.25) is 11.8 Å². The number of carbonyl (C=O) groups excluding carboxylic acids is 3. The summed E-state index contributed by atoms with van der Waals surface area (Å²) in [6.45, 7) is 0. The SMILES string of the molecule is O=CC(CCC(=O)O)NC(=O)C(CCC(=O)O)NC(=O)CCCCCCCCCCCCCCCCC(=O)O. The van der Waals surface area contributed by atoms with E-state index >= 15 is 0 Å². The van der Waals surface area contributed by atoms with Gasteiger partial charge in [0.25, 0.3) is 0 Å². The second-order valence-corrected chi connectivity index (χ2v) is 10.1. The van der Waals surface area contributed by atoms with Crippen molar-refractivity contribution in [1.29, 1.82) is 0 Å². The lowest BCUT2D eigenvalue weighted by molar-refractivity contribution is -0.139. The maximum absolute atomic E-state index is 12.5. The number of hydrogen-bond acceptors (Lipinski definition) is 6. The van der Waals surface area contributed by atoms with Gasteiger partial charge in [0, 0.05) is 25.7 Å². The first kappa shape index (κ1) is 36.0. The van der Waals surface area contributed by atoms with E-state index in [-0.39, 0.29) is 44.4 Å². The van der Waals surface area contributed by atoms with Gasteiger partial charge in [-0.3, -0.25) is 24.0 Å². The van der Waals surface area contributed by atoms with E-state index < -0.39 is 35.9 Å². The summed E-state index contributed by atoms with van der Waals surface area (Å²) in [6, 6.07) is -2.14. The third kappa shape index (κ3) is 23.8. The van der Waals surface area contributed by atoms with Crippen LogP contribution in [0, 0.1) is 0 Å². The Labute approximate surface area is 231 Å². The molecule has 224 valence electrons. The zero-order valence-electron chi connectivity index (χ0n) is 23.2. The Morgan fingerprint density at radius 1 is 0.513 bits per heavy atom. The summed E-state index contributed by atoms with van der Waals surface area (Å²) in [5, 5.41) is 31.2. The predicted molar refractivity (Wildman–Crippen MR) is 145 cm³/mol. The molecule has 11 nitrogen and oxygen atoms in total. The van der Waals surface area contributed by atoms with E-state index in [0.29, 0.717) is 12.7 Å². The topological polar surface area (TPSA) is 187 Å². The van der Waals surface area contributed by atoms with Gasteiger partial charge in [0.1, 0.15) is 12.3 Å². The molecule has 0 aromatic rings. The van der Waals surface area contributed by atoms with E-state index in [1.807, 2.05) is 0 Å². The standard InChI is InChI=1S/C28H48N2O9/c31-21-22(17-19-26(35)36)29-28(39)23(18-20-27(37)38)30-24(32)15-13-11-9-7-5-3-1-2-4-6-8-10-12-14-16-25(33)34/h21-23H,1-20H2,(H,29,39)(H,30,32)(H,33,34)(H,35,36)(H,37,38). The van der Waals surface area contributed by atoms with Crippen molar-refractivity contribution < 1.29 is 44.1 Å². The average molecular weight is 557 g/mol. The molecule has 0 saturated heterocycles. The first-order valence-electron chi connectivity index (χ1n) is 14.4. The van der Waals surface area contributed by atoms with Gasteiger partial charge >= 0.3 is 17.9 Å². The first-order valence-corrected chi connectivity index (χ1v) is 14.4. The second kappa shape index (κ2) is 24.1. The third-order valence-electron chi connectivity index (χ3n) is 6.50. The number of amides is 2. The summed E-state index contributed by atoms with van der Waals surface area (Å²) in [5.41, 5.74) is 0. The lowest BCUT2D eigenvalue weighted by Crippen LogP contribution is -2.50. The predicted octanol–water partition coefficient (Wildman–Crippen LogP) is 4.21. The Morgan fingerprint density at radius 3 is 1.31 bits per heavy atom. The molecule has 0 spiro atoms. The molecule has 0 aliphatic rings. The van der Waals surface area contributed by atoms with E-state index in [9.17, 15) is 28.8 Å². The van der Waals surface area contributed by atoms with Crippen LogP contribution in [-0.2, 0) is 28.8 Å². The van der Waals surface area contributed by atoms with Crippen LogP contribution in [0.5, 0.6) is 0 Å². The fraction of sp³-hybridized carbons (Fsp3) is 0.786. The summed E-state index contributed by atoms with van der Waals surface area (Å²) in [6.07, 6.45) is 14.9. The number of unbranched alkanes of at least 4 members (excludes halogenated alkanes) is 13. The number of nitrogens with one attached hydrogen (secondary N) is 2. The molecule has 0 aromatic heterocycles. The van der Waals surface area contributed by atoms with Gasteiger partial charge in [-0.25, -0.2) is 0 Å². The molecular formula is C28H48N2O9. The molecule has 39 heavy (non-hydrogen) atoms. The Balaban J connectivity index is 3.99. The van der Waals surface area contributed by atoms with Crippen LogP contribution in [0.25, 0.3) is 0 Å². The van der Waals surface area contributed by atoms with Gasteiger partial charge in [0.05, 0.1) is 6.04 Å². The van der Waals surface area contributed by atoms with Crippen molar-refractivity contribution in [2.24, 2.45) is 0 Å². The lowest BCUT2D eigenvalue weighted by atomic mass is 10.0. The van der Waals surface area contributed by atoms with Crippen molar-refractivity contribution in [3.05, 3.63) is 0 Å². The largest absolute Gasteiger partial charge is 0.481 e. The maximum atomic E-state index is 12.5. The Hall–Kier alpha value is -2.98.